The molecular weight excluding hydrogens is 299 g/mol. The molecule has 1 aliphatic rings. The van der Waals surface area contributed by atoms with Crippen LogP contribution >= 0.6 is 34.5 Å². The highest BCUT2D eigenvalue weighted by Crippen LogP contribution is 2.33. The van der Waals surface area contributed by atoms with E-state index in [2.05, 4.69) is 6.07 Å². The molecule has 0 atom stereocenters. The minimum Gasteiger partial charge on any atom is -0.289 e. The first-order chi connectivity index (χ1) is 9.15. The van der Waals surface area contributed by atoms with E-state index in [0.717, 1.165) is 12.8 Å². The Kier molecular flexibility index (Phi) is 3.66. The lowest BCUT2D eigenvalue weighted by atomic mass is 9.89. The smallest absolute Gasteiger partial charge is 0.195 e. The van der Waals surface area contributed by atoms with Gasteiger partial charge in [0.15, 0.2) is 5.78 Å². The molecular formula is C15H12Cl2OS. The van der Waals surface area contributed by atoms with Crippen molar-refractivity contribution in [3.63, 3.8) is 0 Å². The Morgan fingerprint density at radius 1 is 1.05 bits per heavy atom. The summed E-state index contributed by atoms with van der Waals surface area (Å²) in [4.78, 5) is 12.4. The van der Waals surface area contributed by atoms with Crippen LogP contribution in [0.5, 0.6) is 0 Å². The van der Waals surface area contributed by atoms with Crippen molar-refractivity contribution in [1.29, 1.82) is 0 Å². The van der Waals surface area contributed by atoms with Crippen molar-refractivity contribution in [2.75, 3.05) is 0 Å². The minimum absolute atomic E-state index is 0.0403. The first kappa shape index (κ1) is 13.2. The van der Waals surface area contributed by atoms with Crippen molar-refractivity contribution in [3.8, 4) is 0 Å². The molecule has 1 aromatic heterocycles. The number of ketones is 1. The molecule has 1 nitrogen and oxygen atoms in total. The van der Waals surface area contributed by atoms with Gasteiger partial charge in [0.1, 0.15) is 4.34 Å². The van der Waals surface area contributed by atoms with E-state index in [4.69, 9.17) is 23.2 Å². The quantitative estimate of drug-likeness (QED) is 0.700. The maximum Gasteiger partial charge on any atom is 0.195 e. The van der Waals surface area contributed by atoms with Crippen LogP contribution in [-0.4, -0.2) is 5.78 Å². The molecule has 3 rings (SSSR count). The van der Waals surface area contributed by atoms with Crippen molar-refractivity contribution in [1.82, 2.24) is 0 Å². The number of rotatable bonds is 2. The Bertz CT molecular complexity index is 646. The molecule has 0 aliphatic heterocycles. The molecule has 0 bridgehead atoms. The minimum atomic E-state index is -0.0403. The van der Waals surface area contributed by atoms with Gasteiger partial charge in [-0.3, -0.25) is 4.79 Å². The van der Waals surface area contributed by atoms with Crippen LogP contribution < -0.4 is 0 Å². The number of carbonyl (C=O) groups excluding carboxylic acids is 1. The van der Waals surface area contributed by atoms with Crippen molar-refractivity contribution >= 4 is 40.3 Å². The first-order valence-electron chi connectivity index (χ1n) is 6.26. The summed E-state index contributed by atoms with van der Waals surface area (Å²) in [6.45, 7) is 0. The average Bonchev–Trinajstić information content (AvgIpc) is 2.76. The van der Waals surface area contributed by atoms with Crippen molar-refractivity contribution in [3.05, 3.63) is 55.2 Å². The van der Waals surface area contributed by atoms with Gasteiger partial charge in [-0.2, -0.15) is 0 Å². The highest BCUT2D eigenvalue weighted by molar-refractivity contribution is 7.20. The standard InChI is InChI=1S/C15H12Cl2OS/c16-13-8-12(15(17)19-13)14(18)11-6-5-9-3-1-2-4-10(9)7-11/h5-8H,1-4H2. The molecule has 1 aliphatic carbocycles. The van der Waals surface area contributed by atoms with E-state index >= 15 is 0 Å². The average molecular weight is 311 g/mol. The van der Waals surface area contributed by atoms with Crippen LogP contribution in [0.15, 0.2) is 24.3 Å². The Balaban J connectivity index is 1.98. The molecule has 0 spiro atoms. The fourth-order valence-electron chi connectivity index (χ4n) is 2.53. The van der Waals surface area contributed by atoms with E-state index in [1.54, 1.807) is 6.07 Å². The number of hydrogen-bond acceptors (Lipinski definition) is 2. The molecule has 1 heterocycles. The van der Waals surface area contributed by atoms with Crippen molar-refractivity contribution in [2.45, 2.75) is 25.7 Å². The zero-order valence-corrected chi connectivity index (χ0v) is 12.5. The van der Waals surface area contributed by atoms with Crippen LogP contribution in [0.4, 0.5) is 0 Å². The summed E-state index contributed by atoms with van der Waals surface area (Å²) in [5, 5.41) is 0. The molecule has 1 aromatic carbocycles. The van der Waals surface area contributed by atoms with E-state index in [0.29, 0.717) is 19.8 Å². The third-order valence-corrected chi connectivity index (χ3v) is 5.00. The second-order valence-corrected chi connectivity index (χ2v) is 7.04. The zero-order chi connectivity index (χ0) is 13.4. The Labute approximate surface area is 126 Å². The van der Waals surface area contributed by atoms with Crippen LogP contribution in [0.25, 0.3) is 0 Å². The number of halogens is 2. The van der Waals surface area contributed by atoms with E-state index in [-0.39, 0.29) is 5.78 Å². The molecule has 0 amide bonds. The Hall–Kier alpha value is -0.830. The molecule has 0 saturated carbocycles. The van der Waals surface area contributed by atoms with Gasteiger partial charge in [0.05, 0.1) is 9.90 Å². The monoisotopic (exact) mass is 310 g/mol. The largest absolute Gasteiger partial charge is 0.289 e. The fraction of sp³-hybridized carbons (Fsp3) is 0.267. The molecule has 19 heavy (non-hydrogen) atoms. The number of fused-ring (bicyclic) bond motifs is 1. The molecule has 0 unspecified atom stereocenters. The van der Waals surface area contributed by atoms with Gasteiger partial charge < -0.3 is 0 Å². The maximum atomic E-state index is 12.4. The lowest BCUT2D eigenvalue weighted by molar-refractivity contribution is 0.103. The summed E-state index contributed by atoms with van der Waals surface area (Å²) >= 11 is 13.2. The second kappa shape index (κ2) is 5.28. The van der Waals surface area contributed by atoms with E-state index < -0.39 is 0 Å². The number of hydrogen-bond donors (Lipinski definition) is 0. The van der Waals surface area contributed by atoms with Gasteiger partial charge in [0, 0.05) is 5.56 Å². The number of thiophene rings is 1. The van der Waals surface area contributed by atoms with Gasteiger partial charge in [-0.05, 0) is 48.9 Å². The third-order valence-electron chi connectivity index (χ3n) is 3.51. The molecule has 98 valence electrons. The second-order valence-electron chi connectivity index (χ2n) is 4.76. The molecule has 2 aromatic rings. The summed E-state index contributed by atoms with van der Waals surface area (Å²) in [5.41, 5.74) is 3.89. The van der Waals surface area contributed by atoms with Gasteiger partial charge in [0.25, 0.3) is 0 Å². The maximum absolute atomic E-state index is 12.4. The van der Waals surface area contributed by atoms with Crippen LogP contribution in [0.1, 0.15) is 39.9 Å². The predicted molar refractivity (Wildman–Crippen MR) is 80.9 cm³/mol. The normalized spacial score (nSPS) is 14.2. The third kappa shape index (κ3) is 2.58. The highest BCUT2D eigenvalue weighted by Gasteiger charge is 2.18. The molecule has 0 radical (unpaired) electrons. The SMILES string of the molecule is O=C(c1ccc2c(c1)CCCC2)c1cc(Cl)sc1Cl. The summed E-state index contributed by atoms with van der Waals surface area (Å²) in [5.74, 6) is -0.0403. The van der Waals surface area contributed by atoms with Gasteiger partial charge in [0.2, 0.25) is 0 Å². The van der Waals surface area contributed by atoms with Gasteiger partial charge in [-0.25, -0.2) is 0 Å². The van der Waals surface area contributed by atoms with Gasteiger partial charge in [-0.1, -0.05) is 35.3 Å². The van der Waals surface area contributed by atoms with Crippen LogP contribution in [0.3, 0.4) is 0 Å². The van der Waals surface area contributed by atoms with Crippen LogP contribution in [0, 0.1) is 0 Å². The summed E-state index contributed by atoms with van der Waals surface area (Å²) in [7, 11) is 0. The van der Waals surface area contributed by atoms with Crippen molar-refractivity contribution < 1.29 is 4.79 Å². The highest BCUT2D eigenvalue weighted by atomic mass is 35.5. The lowest BCUT2D eigenvalue weighted by Gasteiger charge is -2.16. The van der Waals surface area contributed by atoms with Crippen molar-refractivity contribution in [2.24, 2.45) is 0 Å². The Morgan fingerprint density at radius 3 is 2.47 bits per heavy atom. The number of aryl methyl sites for hydroxylation is 2. The van der Waals surface area contributed by atoms with E-state index in [1.165, 1.54) is 35.3 Å². The lowest BCUT2D eigenvalue weighted by Crippen LogP contribution is -2.06. The number of carbonyl (C=O) groups is 1. The van der Waals surface area contributed by atoms with Gasteiger partial charge >= 0.3 is 0 Å². The Morgan fingerprint density at radius 2 is 1.79 bits per heavy atom. The van der Waals surface area contributed by atoms with Gasteiger partial charge in [-0.15, -0.1) is 11.3 Å². The molecule has 4 heteroatoms. The molecule has 0 N–H and O–H groups in total. The summed E-state index contributed by atoms with van der Waals surface area (Å²) in [6.07, 6.45) is 4.63. The summed E-state index contributed by atoms with van der Waals surface area (Å²) < 4.78 is 1.01. The van der Waals surface area contributed by atoms with Crippen LogP contribution in [0.2, 0.25) is 8.67 Å². The van der Waals surface area contributed by atoms with E-state index in [1.807, 2.05) is 12.1 Å². The van der Waals surface area contributed by atoms with E-state index in [9.17, 15) is 4.79 Å². The topological polar surface area (TPSA) is 17.1 Å². The predicted octanol–water partition coefficient (Wildman–Crippen LogP) is 5.16. The zero-order valence-electron chi connectivity index (χ0n) is 10.2. The molecule has 0 fully saturated rings. The first-order valence-corrected chi connectivity index (χ1v) is 7.84. The molecule has 0 saturated heterocycles. The fourth-order valence-corrected chi connectivity index (χ4v) is 3.98. The van der Waals surface area contributed by atoms with Crippen LogP contribution in [-0.2, 0) is 12.8 Å². The summed E-state index contributed by atoms with van der Waals surface area (Å²) in [6, 6.07) is 7.63. The number of benzene rings is 1.